The largest absolute Gasteiger partial charge is 0.0998 e. The second-order valence-corrected chi connectivity index (χ2v) is 6.64. The molecule has 0 bridgehead atoms. The average molecular weight is 204 g/mol. The predicted octanol–water partition coefficient (Wildman–Crippen LogP) is 4.27. The summed E-state index contributed by atoms with van der Waals surface area (Å²) in [6, 6.07) is 0. The Morgan fingerprint density at radius 2 is 1.87 bits per heavy atom. The molecule has 0 aliphatic heterocycles. The third-order valence-electron chi connectivity index (χ3n) is 5.94. The van der Waals surface area contributed by atoms with Gasteiger partial charge in [-0.15, -0.1) is 0 Å². The van der Waals surface area contributed by atoms with E-state index in [1.165, 1.54) is 31.3 Å². The van der Waals surface area contributed by atoms with Gasteiger partial charge in [0.05, 0.1) is 0 Å². The zero-order valence-electron chi connectivity index (χ0n) is 10.4. The molecule has 3 aliphatic carbocycles. The van der Waals surface area contributed by atoms with Gasteiger partial charge >= 0.3 is 0 Å². The van der Waals surface area contributed by atoms with E-state index in [1.807, 2.05) is 0 Å². The molecule has 0 unspecified atom stereocenters. The molecule has 3 saturated carbocycles. The van der Waals surface area contributed by atoms with Crippen LogP contribution >= 0.6 is 0 Å². The van der Waals surface area contributed by atoms with Crippen LogP contribution in [0.2, 0.25) is 0 Å². The molecule has 0 radical (unpaired) electrons. The van der Waals surface area contributed by atoms with E-state index in [-0.39, 0.29) is 0 Å². The first-order valence-electron chi connectivity index (χ1n) is 6.74. The van der Waals surface area contributed by atoms with Crippen molar-refractivity contribution in [3.63, 3.8) is 0 Å². The summed E-state index contributed by atoms with van der Waals surface area (Å²) in [5.74, 6) is 4.90. The second kappa shape index (κ2) is 2.90. The van der Waals surface area contributed by atoms with Gasteiger partial charge in [0.1, 0.15) is 0 Å². The Morgan fingerprint density at radius 3 is 2.53 bits per heavy atom. The predicted molar refractivity (Wildman–Crippen MR) is 64.5 cm³/mol. The smallest absolute Gasteiger partial charge is 0.0110 e. The highest BCUT2D eigenvalue weighted by Gasteiger charge is 2.72. The number of hydrogen-bond donors (Lipinski definition) is 0. The average Bonchev–Trinajstić information content (AvgIpc) is 2.76. The first-order valence-corrected chi connectivity index (χ1v) is 6.74. The standard InChI is InChI=1S/C15H24/c1-9(2)13-14-11(4)5-6-12-10(3)7-8-15(12,13)14/h10-14H,1,5-8H2,2-4H3/t10-,11-,12+,13+,14+,15-/m0/s1. The van der Waals surface area contributed by atoms with Crippen molar-refractivity contribution in [1.82, 2.24) is 0 Å². The van der Waals surface area contributed by atoms with Crippen molar-refractivity contribution < 1.29 is 0 Å². The summed E-state index contributed by atoms with van der Waals surface area (Å²) in [7, 11) is 0. The van der Waals surface area contributed by atoms with Gasteiger partial charge in [-0.25, -0.2) is 0 Å². The van der Waals surface area contributed by atoms with Crippen LogP contribution in [0.1, 0.15) is 46.5 Å². The molecule has 3 rings (SSSR count). The number of hydrogen-bond acceptors (Lipinski definition) is 0. The fourth-order valence-corrected chi connectivity index (χ4v) is 5.48. The Hall–Kier alpha value is -0.260. The van der Waals surface area contributed by atoms with Crippen molar-refractivity contribution >= 4 is 0 Å². The SMILES string of the molecule is C=C(C)[C@@H]1[C@H]2[C@@H](C)CC[C@@H]3[C@@H](C)CC[C@]231. The van der Waals surface area contributed by atoms with Crippen molar-refractivity contribution in [3.8, 4) is 0 Å². The van der Waals surface area contributed by atoms with Crippen molar-refractivity contribution in [2.24, 2.45) is 35.0 Å². The Morgan fingerprint density at radius 1 is 1.13 bits per heavy atom. The quantitative estimate of drug-likeness (QED) is 0.559. The van der Waals surface area contributed by atoms with Crippen LogP contribution in [0.3, 0.4) is 0 Å². The van der Waals surface area contributed by atoms with E-state index in [2.05, 4.69) is 27.4 Å². The van der Waals surface area contributed by atoms with Crippen molar-refractivity contribution in [2.45, 2.75) is 46.5 Å². The second-order valence-electron chi connectivity index (χ2n) is 6.64. The Kier molecular flexibility index (Phi) is 1.92. The molecule has 84 valence electrons. The van der Waals surface area contributed by atoms with E-state index in [0.717, 1.165) is 35.0 Å². The summed E-state index contributed by atoms with van der Waals surface area (Å²) in [6.07, 6.45) is 5.97. The maximum atomic E-state index is 4.26. The summed E-state index contributed by atoms with van der Waals surface area (Å²) < 4.78 is 0. The normalized spacial score (nSPS) is 57.1. The van der Waals surface area contributed by atoms with Crippen LogP contribution < -0.4 is 0 Å². The molecule has 0 amide bonds. The van der Waals surface area contributed by atoms with Crippen molar-refractivity contribution in [3.05, 3.63) is 12.2 Å². The van der Waals surface area contributed by atoms with Gasteiger partial charge in [-0.2, -0.15) is 0 Å². The van der Waals surface area contributed by atoms with Crippen molar-refractivity contribution in [2.75, 3.05) is 0 Å². The lowest BCUT2D eigenvalue weighted by molar-refractivity contribution is 0.177. The molecule has 0 aromatic rings. The first-order chi connectivity index (χ1) is 7.09. The summed E-state index contributed by atoms with van der Waals surface area (Å²) in [5, 5.41) is 0. The maximum Gasteiger partial charge on any atom is -0.0110 e. The molecule has 0 heteroatoms. The highest BCUT2D eigenvalue weighted by Crippen LogP contribution is 2.78. The molecule has 0 saturated heterocycles. The van der Waals surface area contributed by atoms with Crippen molar-refractivity contribution in [1.29, 1.82) is 0 Å². The van der Waals surface area contributed by atoms with Gasteiger partial charge in [-0.3, -0.25) is 0 Å². The molecule has 1 spiro atoms. The molecule has 6 atom stereocenters. The van der Waals surface area contributed by atoms with E-state index in [0.29, 0.717) is 0 Å². The molecule has 15 heavy (non-hydrogen) atoms. The lowest BCUT2D eigenvalue weighted by atomic mass is 9.73. The zero-order chi connectivity index (χ0) is 10.8. The van der Waals surface area contributed by atoms with Gasteiger partial charge < -0.3 is 0 Å². The van der Waals surface area contributed by atoms with Gasteiger partial charge in [0.2, 0.25) is 0 Å². The third-order valence-corrected chi connectivity index (χ3v) is 5.94. The lowest BCUT2D eigenvalue weighted by Gasteiger charge is -2.31. The summed E-state index contributed by atoms with van der Waals surface area (Å²) in [5.41, 5.74) is 2.22. The molecule has 3 aliphatic rings. The van der Waals surface area contributed by atoms with E-state index in [9.17, 15) is 0 Å². The van der Waals surface area contributed by atoms with E-state index in [4.69, 9.17) is 0 Å². The van der Waals surface area contributed by atoms with Gasteiger partial charge in [0.15, 0.2) is 0 Å². The fraction of sp³-hybridized carbons (Fsp3) is 0.867. The van der Waals surface area contributed by atoms with Crippen LogP contribution in [0.25, 0.3) is 0 Å². The van der Waals surface area contributed by atoms with Crippen LogP contribution in [0.15, 0.2) is 12.2 Å². The minimum absolute atomic E-state index is 0.739. The van der Waals surface area contributed by atoms with Crippen LogP contribution in [-0.4, -0.2) is 0 Å². The van der Waals surface area contributed by atoms with E-state index >= 15 is 0 Å². The fourth-order valence-electron chi connectivity index (χ4n) is 5.48. The first kappa shape index (κ1) is 9.93. The van der Waals surface area contributed by atoms with Crippen LogP contribution in [-0.2, 0) is 0 Å². The zero-order valence-corrected chi connectivity index (χ0v) is 10.4. The maximum absolute atomic E-state index is 4.26. The molecule has 0 aromatic carbocycles. The molecule has 0 heterocycles. The number of rotatable bonds is 1. The summed E-state index contributed by atoms with van der Waals surface area (Å²) in [4.78, 5) is 0. The Bertz CT molecular complexity index is 303. The summed E-state index contributed by atoms with van der Waals surface area (Å²) in [6.45, 7) is 11.5. The minimum Gasteiger partial charge on any atom is -0.0998 e. The molecular weight excluding hydrogens is 180 g/mol. The minimum atomic E-state index is 0.739. The Labute approximate surface area is 94.1 Å². The monoisotopic (exact) mass is 204 g/mol. The molecule has 3 fully saturated rings. The van der Waals surface area contributed by atoms with E-state index < -0.39 is 0 Å². The van der Waals surface area contributed by atoms with Crippen LogP contribution in [0.5, 0.6) is 0 Å². The number of allylic oxidation sites excluding steroid dienone is 1. The third kappa shape index (κ3) is 1.04. The molecular formula is C15H24. The molecule has 0 aromatic heterocycles. The van der Waals surface area contributed by atoms with E-state index in [1.54, 1.807) is 0 Å². The lowest BCUT2D eigenvalue weighted by Crippen LogP contribution is -2.24. The van der Waals surface area contributed by atoms with Gasteiger partial charge in [-0.1, -0.05) is 32.4 Å². The van der Waals surface area contributed by atoms with Gasteiger partial charge in [0.25, 0.3) is 0 Å². The highest BCUT2D eigenvalue weighted by molar-refractivity contribution is 5.28. The molecule has 0 N–H and O–H groups in total. The van der Waals surface area contributed by atoms with Crippen LogP contribution in [0.4, 0.5) is 0 Å². The Balaban J connectivity index is 1.96. The van der Waals surface area contributed by atoms with Gasteiger partial charge in [0, 0.05) is 0 Å². The summed E-state index contributed by atoms with van der Waals surface area (Å²) >= 11 is 0. The topological polar surface area (TPSA) is 0 Å². The highest BCUT2D eigenvalue weighted by atomic mass is 14.8. The van der Waals surface area contributed by atoms with Gasteiger partial charge in [-0.05, 0) is 61.2 Å². The molecule has 0 nitrogen and oxygen atoms in total. The van der Waals surface area contributed by atoms with Crippen LogP contribution in [0, 0.1) is 35.0 Å².